The van der Waals surface area contributed by atoms with Crippen LogP contribution in [-0.4, -0.2) is 41.3 Å². The second-order valence-electron chi connectivity index (χ2n) is 6.26. The van der Waals surface area contributed by atoms with Crippen molar-refractivity contribution in [2.24, 2.45) is 0 Å². The quantitative estimate of drug-likeness (QED) is 0.827. The van der Waals surface area contributed by atoms with Crippen LogP contribution in [0.25, 0.3) is 0 Å². The van der Waals surface area contributed by atoms with Gasteiger partial charge in [0.1, 0.15) is 6.10 Å². The summed E-state index contributed by atoms with van der Waals surface area (Å²) < 4.78 is 12.3. The fraction of sp³-hybridized carbons (Fsp3) is 0.588. The van der Waals surface area contributed by atoms with Crippen molar-refractivity contribution in [1.82, 2.24) is 9.88 Å². The first-order valence-corrected chi connectivity index (χ1v) is 9.96. The highest BCUT2D eigenvalue weighted by atomic mass is 32.1. The van der Waals surface area contributed by atoms with Gasteiger partial charge in [0, 0.05) is 36.0 Å². The highest BCUT2D eigenvalue weighted by Crippen LogP contribution is 2.32. The van der Waals surface area contributed by atoms with Gasteiger partial charge in [-0.1, -0.05) is 6.07 Å². The molecule has 0 aromatic carbocycles. The van der Waals surface area contributed by atoms with Crippen LogP contribution in [0.5, 0.6) is 0 Å². The van der Waals surface area contributed by atoms with Gasteiger partial charge in [-0.05, 0) is 31.2 Å². The normalized spacial score (nSPS) is 28.1. The van der Waals surface area contributed by atoms with Crippen molar-refractivity contribution in [3.8, 4) is 0 Å². The summed E-state index contributed by atoms with van der Waals surface area (Å²) in [6.45, 7) is 5.46. The molecule has 6 heteroatoms. The van der Waals surface area contributed by atoms with E-state index in [1.807, 2.05) is 18.3 Å². The molecule has 2 aliphatic heterocycles. The van der Waals surface area contributed by atoms with Crippen LogP contribution in [0.1, 0.15) is 28.4 Å². The van der Waals surface area contributed by atoms with Crippen LogP contribution in [0.4, 0.5) is 0 Å². The lowest BCUT2D eigenvalue weighted by Gasteiger charge is -2.32. The topological polar surface area (TPSA) is 34.6 Å². The maximum absolute atomic E-state index is 6.20. The standard InChI is InChI=1S/C17H22N2O2S2/c1-12-18-13(11-23-12)10-21-16-9-19(8-14-4-3-7-22-14)15-5-2-6-20-17(15)16/h3-4,7,11,15-17H,2,5-6,8-10H2,1H3/t15-,16-,17+/m1/s1. The minimum atomic E-state index is 0.155. The van der Waals surface area contributed by atoms with E-state index < -0.39 is 0 Å². The molecule has 0 bridgehead atoms. The Morgan fingerprint density at radius 3 is 3.17 bits per heavy atom. The van der Waals surface area contributed by atoms with Gasteiger partial charge in [-0.15, -0.1) is 22.7 Å². The lowest BCUT2D eigenvalue weighted by atomic mass is 10.0. The zero-order valence-corrected chi connectivity index (χ0v) is 14.9. The van der Waals surface area contributed by atoms with Gasteiger partial charge in [0.05, 0.1) is 23.4 Å². The molecule has 0 aliphatic carbocycles. The fourth-order valence-corrected chi connectivity index (χ4v) is 4.93. The van der Waals surface area contributed by atoms with Gasteiger partial charge in [-0.25, -0.2) is 4.98 Å². The van der Waals surface area contributed by atoms with Gasteiger partial charge in [0.25, 0.3) is 0 Å². The Hall–Kier alpha value is -0.790. The second-order valence-corrected chi connectivity index (χ2v) is 8.36. The number of thiophene rings is 1. The summed E-state index contributed by atoms with van der Waals surface area (Å²) in [6.07, 6.45) is 2.73. The molecule has 0 spiro atoms. The Kier molecular flexibility index (Phi) is 4.78. The summed E-state index contributed by atoms with van der Waals surface area (Å²) in [5.74, 6) is 0. The first-order valence-electron chi connectivity index (χ1n) is 8.20. The molecule has 3 atom stereocenters. The number of hydrogen-bond acceptors (Lipinski definition) is 6. The largest absolute Gasteiger partial charge is 0.374 e. The lowest BCUT2D eigenvalue weighted by molar-refractivity contribution is -0.0823. The molecule has 0 unspecified atom stereocenters. The number of rotatable bonds is 5. The maximum atomic E-state index is 6.20. The third kappa shape index (κ3) is 3.51. The average Bonchev–Trinajstić information content (AvgIpc) is 3.28. The van der Waals surface area contributed by atoms with E-state index in [9.17, 15) is 0 Å². The average molecular weight is 351 g/mol. The number of aromatic nitrogens is 1. The molecule has 2 aromatic heterocycles. The van der Waals surface area contributed by atoms with Crippen molar-refractivity contribution in [3.05, 3.63) is 38.5 Å². The molecule has 2 aliphatic rings. The van der Waals surface area contributed by atoms with Crippen molar-refractivity contribution in [2.75, 3.05) is 13.2 Å². The van der Waals surface area contributed by atoms with E-state index in [2.05, 4.69) is 32.8 Å². The van der Waals surface area contributed by atoms with Crippen molar-refractivity contribution < 1.29 is 9.47 Å². The summed E-state index contributed by atoms with van der Waals surface area (Å²) >= 11 is 3.51. The fourth-order valence-electron chi connectivity index (χ4n) is 3.60. The highest BCUT2D eigenvalue weighted by Gasteiger charge is 2.44. The van der Waals surface area contributed by atoms with Gasteiger partial charge in [0.2, 0.25) is 0 Å². The summed E-state index contributed by atoms with van der Waals surface area (Å²) in [4.78, 5) is 8.47. The van der Waals surface area contributed by atoms with Crippen LogP contribution in [0, 0.1) is 6.92 Å². The predicted molar refractivity (Wildman–Crippen MR) is 92.9 cm³/mol. The van der Waals surface area contributed by atoms with Gasteiger partial charge >= 0.3 is 0 Å². The molecule has 2 saturated heterocycles. The number of fused-ring (bicyclic) bond motifs is 1. The van der Waals surface area contributed by atoms with E-state index in [1.54, 1.807) is 11.3 Å². The molecule has 0 N–H and O–H groups in total. The van der Waals surface area contributed by atoms with Crippen molar-refractivity contribution in [1.29, 1.82) is 0 Å². The third-order valence-corrected chi connectivity index (χ3v) is 6.32. The van der Waals surface area contributed by atoms with Crippen LogP contribution in [-0.2, 0) is 22.6 Å². The molecular formula is C17H22N2O2S2. The van der Waals surface area contributed by atoms with Crippen molar-refractivity contribution >= 4 is 22.7 Å². The molecule has 4 heterocycles. The summed E-state index contributed by atoms with van der Waals surface area (Å²) in [7, 11) is 0. The maximum Gasteiger partial charge on any atom is 0.100 e. The zero-order valence-electron chi connectivity index (χ0n) is 13.3. The summed E-state index contributed by atoms with van der Waals surface area (Å²) in [5.41, 5.74) is 1.04. The first-order chi connectivity index (χ1) is 11.3. The van der Waals surface area contributed by atoms with Gasteiger partial charge < -0.3 is 9.47 Å². The van der Waals surface area contributed by atoms with E-state index >= 15 is 0 Å². The van der Waals surface area contributed by atoms with Crippen molar-refractivity contribution in [3.63, 3.8) is 0 Å². The SMILES string of the molecule is Cc1nc(CO[C@@H]2CN(Cc3cccs3)[C@@H]3CCCO[C@@H]32)cs1. The molecule has 0 saturated carbocycles. The molecule has 23 heavy (non-hydrogen) atoms. The Bertz CT molecular complexity index is 628. The first kappa shape index (κ1) is 15.7. The Morgan fingerprint density at radius 2 is 2.39 bits per heavy atom. The molecular weight excluding hydrogens is 328 g/mol. The number of thiazole rings is 1. The Balaban J connectivity index is 1.42. The van der Waals surface area contributed by atoms with Crippen LogP contribution >= 0.6 is 22.7 Å². The summed E-state index contributed by atoms with van der Waals surface area (Å²) in [6, 6.07) is 4.84. The highest BCUT2D eigenvalue weighted by molar-refractivity contribution is 7.10. The Morgan fingerprint density at radius 1 is 1.43 bits per heavy atom. The van der Waals surface area contributed by atoms with E-state index in [-0.39, 0.29) is 12.2 Å². The molecule has 4 nitrogen and oxygen atoms in total. The number of aryl methyl sites for hydroxylation is 1. The number of nitrogens with zero attached hydrogens (tertiary/aromatic N) is 2. The van der Waals surface area contributed by atoms with E-state index in [0.717, 1.165) is 36.8 Å². The Labute approximate surface area is 145 Å². The molecule has 2 fully saturated rings. The monoisotopic (exact) mass is 350 g/mol. The minimum absolute atomic E-state index is 0.155. The smallest absolute Gasteiger partial charge is 0.100 e. The van der Waals surface area contributed by atoms with Gasteiger partial charge in [-0.3, -0.25) is 4.90 Å². The van der Waals surface area contributed by atoms with E-state index in [1.165, 1.54) is 11.3 Å². The summed E-state index contributed by atoms with van der Waals surface area (Å²) in [5, 5.41) is 5.34. The van der Waals surface area contributed by atoms with Crippen molar-refractivity contribution in [2.45, 2.75) is 51.2 Å². The predicted octanol–water partition coefficient (Wildman–Crippen LogP) is 3.46. The molecule has 2 aromatic rings. The van der Waals surface area contributed by atoms with Gasteiger partial charge in [0.15, 0.2) is 0 Å². The second kappa shape index (κ2) is 6.99. The van der Waals surface area contributed by atoms with Crippen LogP contribution in [0.2, 0.25) is 0 Å². The molecule has 124 valence electrons. The third-order valence-electron chi connectivity index (χ3n) is 4.63. The molecule has 0 radical (unpaired) electrons. The van der Waals surface area contributed by atoms with E-state index in [4.69, 9.17) is 9.47 Å². The zero-order chi connectivity index (χ0) is 15.6. The molecule has 4 rings (SSSR count). The van der Waals surface area contributed by atoms with Crippen LogP contribution in [0.3, 0.4) is 0 Å². The number of likely N-dealkylation sites (tertiary alicyclic amines) is 1. The van der Waals surface area contributed by atoms with Crippen LogP contribution in [0.15, 0.2) is 22.9 Å². The lowest BCUT2D eigenvalue weighted by Crippen LogP contribution is -2.41. The number of ether oxygens (including phenoxy) is 2. The minimum Gasteiger partial charge on any atom is -0.374 e. The van der Waals surface area contributed by atoms with E-state index in [0.29, 0.717) is 12.6 Å². The number of hydrogen-bond donors (Lipinski definition) is 0. The molecule has 0 amide bonds. The van der Waals surface area contributed by atoms with Gasteiger partial charge in [-0.2, -0.15) is 0 Å². The van der Waals surface area contributed by atoms with Crippen LogP contribution < -0.4 is 0 Å².